The molecular formula is C15H16N2O4S. The van der Waals surface area contributed by atoms with E-state index in [-0.39, 0.29) is 23.9 Å². The SMILES string of the molecule is C=CCNS(=O)(=O)c1ccc(C(=O)NCc2ccco2)cc1. The topological polar surface area (TPSA) is 88.4 Å². The summed E-state index contributed by atoms with van der Waals surface area (Å²) < 4.78 is 31.2. The molecule has 0 unspecified atom stereocenters. The first kappa shape index (κ1) is 16.0. The highest BCUT2D eigenvalue weighted by Gasteiger charge is 2.13. The molecule has 0 spiro atoms. The third-order valence-electron chi connectivity index (χ3n) is 2.85. The van der Waals surface area contributed by atoms with Crippen molar-refractivity contribution in [2.75, 3.05) is 6.54 Å². The third kappa shape index (κ3) is 4.06. The van der Waals surface area contributed by atoms with E-state index in [0.717, 1.165) is 0 Å². The zero-order valence-corrected chi connectivity index (χ0v) is 12.6. The largest absolute Gasteiger partial charge is 0.467 e. The fraction of sp³-hybridized carbons (Fsp3) is 0.133. The molecule has 1 aromatic heterocycles. The smallest absolute Gasteiger partial charge is 0.251 e. The van der Waals surface area contributed by atoms with Crippen molar-refractivity contribution in [3.05, 3.63) is 66.6 Å². The maximum Gasteiger partial charge on any atom is 0.251 e. The summed E-state index contributed by atoms with van der Waals surface area (Å²) in [5, 5.41) is 2.68. The molecule has 1 amide bonds. The van der Waals surface area contributed by atoms with Crippen molar-refractivity contribution in [1.82, 2.24) is 10.0 Å². The predicted octanol–water partition coefficient (Wildman–Crippen LogP) is 1.67. The lowest BCUT2D eigenvalue weighted by Crippen LogP contribution is -2.24. The quantitative estimate of drug-likeness (QED) is 0.760. The Kier molecular flexibility index (Phi) is 5.13. The van der Waals surface area contributed by atoms with Gasteiger partial charge in [-0.3, -0.25) is 4.79 Å². The van der Waals surface area contributed by atoms with Crippen LogP contribution in [0.15, 0.2) is 64.6 Å². The molecule has 2 aromatic rings. The minimum atomic E-state index is -3.58. The van der Waals surface area contributed by atoms with Gasteiger partial charge in [0.1, 0.15) is 5.76 Å². The van der Waals surface area contributed by atoms with Gasteiger partial charge < -0.3 is 9.73 Å². The molecule has 0 saturated carbocycles. The number of amides is 1. The molecule has 0 aliphatic rings. The van der Waals surface area contributed by atoms with E-state index in [9.17, 15) is 13.2 Å². The number of carbonyl (C=O) groups excluding carboxylic acids is 1. The Balaban J connectivity index is 2.01. The molecule has 0 bridgehead atoms. The van der Waals surface area contributed by atoms with Gasteiger partial charge in [0.05, 0.1) is 17.7 Å². The third-order valence-corrected chi connectivity index (χ3v) is 4.29. The normalized spacial score (nSPS) is 11.1. The zero-order valence-electron chi connectivity index (χ0n) is 11.8. The number of nitrogens with one attached hydrogen (secondary N) is 2. The number of hydrogen-bond donors (Lipinski definition) is 2. The molecule has 0 atom stereocenters. The maximum absolute atomic E-state index is 11.9. The molecule has 1 heterocycles. The molecule has 22 heavy (non-hydrogen) atoms. The Morgan fingerprint density at radius 2 is 1.95 bits per heavy atom. The van der Waals surface area contributed by atoms with Crippen LogP contribution in [0.3, 0.4) is 0 Å². The second kappa shape index (κ2) is 7.06. The molecule has 0 aliphatic carbocycles. The standard InChI is InChI=1S/C15H16N2O4S/c1-2-9-17-22(19,20)14-7-5-12(6-8-14)15(18)16-11-13-4-3-10-21-13/h2-8,10,17H,1,9,11H2,(H,16,18). The van der Waals surface area contributed by atoms with E-state index in [1.54, 1.807) is 12.1 Å². The van der Waals surface area contributed by atoms with E-state index in [4.69, 9.17) is 4.42 Å². The molecule has 7 heteroatoms. The lowest BCUT2D eigenvalue weighted by atomic mass is 10.2. The summed E-state index contributed by atoms with van der Waals surface area (Å²) in [5.41, 5.74) is 0.370. The highest BCUT2D eigenvalue weighted by atomic mass is 32.2. The van der Waals surface area contributed by atoms with Gasteiger partial charge in [-0.15, -0.1) is 6.58 Å². The van der Waals surface area contributed by atoms with Gasteiger partial charge in [-0.1, -0.05) is 6.08 Å². The van der Waals surface area contributed by atoms with Crippen molar-refractivity contribution in [2.45, 2.75) is 11.4 Å². The molecule has 116 valence electrons. The van der Waals surface area contributed by atoms with E-state index in [1.807, 2.05) is 0 Å². The number of rotatable bonds is 7. The van der Waals surface area contributed by atoms with Gasteiger partial charge >= 0.3 is 0 Å². The minimum absolute atomic E-state index is 0.0944. The Hall–Kier alpha value is -2.38. The highest BCUT2D eigenvalue weighted by molar-refractivity contribution is 7.89. The molecule has 0 saturated heterocycles. The number of carbonyl (C=O) groups is 1. The van der Waals surface area contributed by atoms with Crippen LogP contribution in [0.1, 0.15) is 16.1 Å². The average Bonchev–Trinajstić information content (AvgIpc) is 3.04. The number of furan rings is 1. The van der Waals surface area contributed by atoms with Crippen LogP contribution in [-0.2, 0) is 16.6 Å². The van der Waals surface area contributed by atoms with Gasteiger partial charge in [-0.2, -0.15) is 0 Å². The second-order valence-electron chi connectivity index (χ2n) is 4.43. The number of sulfonamides is 1. The van der Waals surface area contributed by atoms with Crippen LogP contribution in [0.5, 0.6) is 0 Å². The molecular weight excluding hydrogens is 304 g/mol. The monoisotopic (exact) mass is 320 g/mol. The van der Waals surface area contributed by atoms with Crippen molar-refractivity contribution in [3.8, 4) is 0 Å². The van der Waals surface area contributed by atoms with Crippen LogP contribution in [0.2, 0.25) is 0 Å². The fourth-order valence-electron chi connectivity index (χ4n) is 1.72. The van der Waals surface area contributed by atoms with E-state index in [1.165, 1.54) is 36.6 Å². The van der Waals surface area contributed by atoms with Gasteiger partial charge in [0, 0.05) is 12.1 Å². The van der Waals surface area contributed by atoms with Crippen molar-refractivity contribution < 1.29 is 17.6 Å². The lowest BCUT2D eigenvalue weighted by Gasteiger charge is -2.06. The first-order chi connectivity index (χ1) is 10.5. The van der Waals surface area contributed by atoms with Gasteiger partial charge in [-0.05, 0) is 36.4 Å². The van der Waals surface area contributed by atoms with Gasteiger partial charge in [0.2, 0.25) is 10.0 Å². The Morgan fingerprint density at radius 1 is 1.23 bits per heavy atom. The Labute approximate surface area is 128 Å². The molecule has 2 rings (SSSR count). The maximum atomic E-state index is 11.9. The van der Waals surface area contributed by atoms with E-state index in [0.29, 0.717) is 11.3 Å². The van der Waals surface area contributed by atoms with E-state index in [2.05, 4.69) is 16.6 Å². The summed E-state index contributed by atoms with van der Waals surface area (Å²) in [5.74, 6) is 0.334. The summed E-state index contributed by atoms with van der Waals surface area (Å²) in [4.78, 5) is 12.0. The molecule has 2 N–H and O–H groups in total. The van der Waals surface area contributed by atoms with Gasteiger partial charge in [0.15, 0.2) is 0 Å². The first-order valence-corrected chi connectivity index (χ1v) is 8.02. The van der Waals surface area contributed by atoms with Crippen LogP contribution in [0, 0.1) is 0 Å². The Morgan fingerprint density at radius 3 is 2.55 bits per heavy atom. The van der Waals surface area contributed by atoms with Gasteiger partial charge in [-0.25, -0.2) is 13.1 Å². The molecule has 6 nitrogen and oxygen atoms in total. The van der Waals surface area contributed by atoms with Crippen LogP contribution < -0.4 is 10.0 Å². The van der Waals surface area contributed by atoms with Crippen LogP contribution in [-0.4, -0.2) is 20.9 Å². The lowest BCUT2D eigenvalue weighted by molar-refractivity contribution is 0.0948. The van der Waals surface area contributed by atoms with Crippen molar-refractivity contribution in [1.29, 1.82) is 0 Å². The van der Waals surface area contributed by atoms with E-state index >= 15 is 0 Å². The van der Waals surface area contributed by atoms with Crippen LogP contribution in [0.4, 0.5) is 0 Å². The van der Waals surface area contributed by atoms with Gasteiger partial charge in [0.25, 0.3) is 5.91 Å². The van der Waals surface area contributed by atoms with E-state index < -0.39 is 10.0 Å². The average molecular weight is 320 g/mol. The summed E-state index contributed by atoms with van der Waals surface area (Å²) in [6.45, 7) is 3.87. The fourth-order valence-corrected chi connectivity index (χ4v) is 2.72. The molecule has 0 aliphatic heterocycles. The first-order valence-electron chi connectivity index (χ1n) is 6.54. The second-order valence-corrected chi connectivity index (χ2v) is 6.19. The van der Waals surface area contributed by atoms with Crippen LogP contribution in [0.25, 0.3) is 0 Å². The van der Waals surface area contributed by atoms with Crippen molar-refractivity contribution >= 4 is 15.9 Å². The van der Waals surface area contributed by atoms with Crippen LogP contribution >= 0.6 is 0 Å². The molecule has 1 aromatic carbocycles. The predicted molar refractivity (Wildman–Crippen MR) is 81.7 cm³/mol. The summed E-state index contributed by atoms with van der Waals surface area (Å²) in [6, 6.07) is 9.17. The highest BCUT2D eigenvalue weighted by Crippen LogP contribution is 2.10. The molecule has 0 fully saturated rings. The number of benzene rings is 1. The minimum Gasteiger partial charge on any atom is -0.467 e. The van der Waals surface area contributed by atoms with Crippen molar-refractivity contribution in [2.24, 2.45) is 0 Å². The molecule has 0 radical (unpaired) electrons. The Bertz CT molecular complexity index is 734. The number of hydrogen-bond acceptors (Lipinski definition) is 4. The summed E-state index contributed by atoms with van der Waals surface area (Å²) in [6.07, 6.45) is 2.98. The van der Waals surface area contributed by atoms with Crippen molar-refractivity contribution in [3.63, 3.8) is 0 Å². The summed E-state index contributed by atoms with van der Waals surface area (Å²) in [7, 11) is -3.58. The summed E-state index contributed by atoms with van der Waals surface area (Å²) >= 11 is 0. The zero-order chi connectivity index (χ0) is 16.0.